The van der Waals surface area contributed by atoms with Crippen molar-refractivity contribution in [2.24, 2.45) is 0 Å². The molecule has 1 atom stereocenters. The quantitative estimate of drug-likeness (QED) is 0.895. The number of hydrogen-bond acceptors (Lipinski definition) is 5. The number of carbonyl (C=O) groups excluding carboxylic acids is 2. The molecule has 3 rings (SSSR count). The van der Waals surface area contributed by atoms with Gasteiger partial charge >= 0.3 is 0 Å². The minimum absolute atomic E-state index is 0.122. The van der Waals surface area contributed by atoms with Crippen LogP contribution >= 0.6 is 0 Å². The lowest BCUT2D eigenvalue weighted by atomic mass is 9.92. The molecular weight excluding hydrogens is 351 g/mol. The highest BCUT2D eigenvalue weighted by Crippen LogP contribution is 2.29. The van der Waals surface area contributed by atoms with E-state index >= 15 is 0 Å². The van der Waals surface area contributed by atoms with E-state index < -0.39 is 17.8 Å². The van der Waals surface area contributed by atoms with Crippen molar-refractivity contribution in [1.29, 1.82) is 5.26 Å². The van der Waals surface area contributed by atoms with E-state index in [4.69, 9.17) is 9.78 Å². The predicted octanol–water partition coefficient (Wildman–Crippen LogP) is 3.12. The molecule has 1 N–H and O–H groups in total. The van der Waals surface area contributed by atoms with Gasteiger partial charge in [-0.3, -0.25) is 19.8 Å². The minimum atomic E-state index is -0.798. The fourth-order valence-electron chi connectivity index (χ4n) is 2.89. The van der Waals surface area contributed by atoms with Crippen LogP contribution in [0.15, 0.2) is 28.8 Å². The van der Waals surface area contributed by atoms with E-state index in [9.17, 15) is 14.0 Å². The summed E-state index contributed by atoms with van der Waals surface area (Å²) in [6.07, 6.45) is 0.468. The SMILES string of the molecule is CC(C)(C)c1cc(NC(=O)[C@@H]2CCC(=O)N2c2ccc(C#N)c(F)c2)on1. The molecule has 0 bridgehead atoms. The van der Waals surface area contributed by atoms with Crippen LogP contribution in [0.3, 0.4) is 0 Å². The van der Waals surface area contributed by atoms with E-state index in [1.165, 1.54) is 17.0 Å². The van der Waals surface area contributed by atoms with E-state index in [1.807, 2.05) is 20.8 Å². The summed E-state index contributed by atoms with van der Waals surface area (Å²) in [4.78, 5) is 26.2. The van der Waals surface area contributed by atoms with Crippen LogP contribution in [0.2, 0.25) is 0 Å². The van der Waals surface area contributed by atoms with Gasteiger partial charge in [0.15, 0.2) is 0 Å². The van der Waals surface area contributed by atoms with Gasteiger partial charge in [-0.1, -0.05) is 25.9 Å². The van der Waals surface area contributed by atoms with Crippen molar-refractivity contribution in [3.8, 4) is 6.07 Å². The number of amides is 2. The van der Waals surface area contributed by atoms with E-state index in [-0.39, 0.29) is 34.9 Å². The van der Waals surface area contributed by atoms with Crippen LogP contribution < -0.4 is 10.2 Å². The first-order chi connectivity index (χ1) is 12.7. The zero-order chi connectivity index (χ0) is 19.8. The number of carbonyl (C=O) groups is 2. The van der Waals surface area contributed by atoms with Crippen LogP contribution in [0, 0.1) is 17.1 Å². The third-order valence-corrected chi connectivity index (χ3v) is 4.39. The molecule has 7 nitrogen and oxygen atoms in total. The predicted molar refractivity (Wildman–Crippen MR) is 95.5 cm³/mol. The third-order valence-electron chi connectivity index (χ3n) is 4.39. The molecule has 140 valence electrons. The first-order valence-electron chi connectivity index (χ1n) is 8.50. The molecule has 1 aliphatic heterocycles. The number of anilines is 2. The van der Waals surface area contributed by atoms with Gasteiger partial charge in [0.25, 0.3) is 0 Å². The van der Waals surface area contributed by atoms with E-state index in [2.05, 4.69) is 10.5 Å². The Hall–Kier alpha value is -3.21. The molecule has 1 fully saturated rings. The van der Waals surface area contributed by atoms with Gasteiger partial charge < -0.3 is 4.52 Å². The van der Waals surface area contributed by atoms with Gasteiger partial charge in [0.1, 0.15) is 17.9 Å². The summed E-state index contributed by atoms with van der Waals surface area (Å²) in [5, 5.41) is 15.4. The Bertz CT molecular complexity index is 939. The summed E-state index contributed by atoms with van der Waals surface area (Å²) in [6.45, 7) is 5.90. The molecule has 27 heavy (non-hydrogen) atoms. The van der Waals surface area contributed by atoms with Crippen molar-refractivity contribution in [2.75, 3.05) is 10.2 Å². The van der Waals surface area contributed by atoms with Crippen LogP contribution in [-0.2, 0) is 15.0 Å². The molecule has 0 radical (unpaired) electrons. The van der Waals surface area contributed by atoms with Crippen molar-refractivity contribution in [1.82, 2.24) is 5.16 Å². The summed E-state index contributed by atoms with van der Waals surface area (Å²) in [6, 6.07) is 6.41. The Morgan fingerprint density at radius 1 is 1.41 bits per heavy atom. The Balaban J connectivity index is 1.81. The Morgan fingerprint density at radius 2 is 2.15 bits per heavy atom. The van der Waals surface area contributed by atoms with Crippen molar-refractivity contribution in [3.05, 3.63) is 41.3 Å². The number of halogens is 1. The standard InChI is InChI=1S/C19H19FN4O3/c1-19(2,3)15-9-16(27-23-15)22-18(26)14-6-7-17(25)24(14)12-5-4-11(10-21)13(20)8-12/h4-5,8-9,14H,6-7H2,1-3H3,(H,22,26)/t14-/m0/s1. The molecule has 0 saturated carbocycles. The number of aromatic nitrogens is 1. The second kappa shape index (κ2) is 6.83. The molecule has 1 saturated heterocycles. The zero-order valence-electron chi connectivity index (χ0n) is 15.2. The first-order valence-corrected chi connectivity index (χ1v) is 8.50. The lowest BCUT2D eigenvalue weighted by Gasteiger charge is -2.23. The van der Waals surface area contributed by atoms with Crippen molar-refractivity contribution < 1.29 is 18.5 Å². The van der Waals surface area contributed by atoms with Crippen LogP contribution in [0.4, 0.5) is 16.0 Å². The van der Waals surface area contributed by atoms with Gasteiger partial charge in [-0.25, -0.2) is 4.39 Å². The second-order valence-electron chi connectivity index (χ2n) is 7.41. The minimum Gasteiger partial charge on any atom is -0.338 e. The number of hydrogen-bond donors (Lipinski definition) is 1. The van der Waals surface area contributed by atoms with Crippen LogP contribution in [0.25, 0.3) is 0 Å². The number of rotatable bonds is 3. The van der Waals surface area contributed by atoms with Crippen molar-refractivity contribution in [2.45, 2.75) is 45.1 Å². The first kappa shape index (κ1) is 18.6. The second-order valence-corrected chi connectivity index (χ2v) is 7.41. The summed E-state index contributed by atoms with van der Waals surface area (Å²) >= 11 is 0. The Kier molecular flexibility index (Phi) is 4.70. The normalized spacial score (nSPS) is 17.1. The maximum Gasteiger partial charge on any atom is 0.249 e. The van der Waals surface area contributed by atoms with E-state index in [0.29, 0.717) is 12.1 Å². The molecule has 8 heteroatoms. The fraction of sp³-hybridized carbons (Fsp3) is 0.368. The van der Waals surface area contributed by atoms with Gasteiger partial charge in [0.05, 0.1) is 11.3 Å². The number of nitriles is 1. The monoisotopic (exact) mass is 370 g/mol. The molecule has 2 heterocycles. The van der Waals surface area contributed by atoms with Crippen molar-refractivity contribution in [3.63, 3.8) is 0 Å². The summed E-state index contributed by atoms with van der Waals surface area (Å²) in [7, 11) is 0. The lowest BCUT2D eigenvalue weighted by molar-refractivity contribution is -0.120. The molecule has 1 aromatic heterocycles. The molecule has 0 spiro atoms. The molecule has 1 aromatic carbocycles. The molecule has 2 amide bonds. The van der Waals surface area contributed by atoms with Crippen LogP contribution in [0.5, 0.6) is 0 Å². The van der Waals surface area contributed by atoms with E-state index in [1.54, 1.807) is 12.1 Å². The highest BCUT2D eigenvalue weighted by atomic mass is 19.1. The third kappa shape index (κ3) is 3.67. The topological polar surface area (TPSA) is 99.2 Å². The van der Waals surface area contributed by atoms with Gasteiger partial charge in [-0.05, 0) is 24.6 Å². The summed E-state index contributed by atoms with van der Waals surface area (Å²) < 4.78 is 19.1. The molecule has 0 unspecified atom stereocenters. The number of nitrogens with one attached hydrogen (secondary N) is 1. The largest absolute Gasteiger partial charge is 0.338 e. The highest BCUT2D eigenvalue weighted by Gasteiger charge is 2.38. The zero-order valence-corrected chi connectivity index (χ0v) is 15.2. The average molecular weight is 370 g/mol. The van der Waals surface area contributed by atoms with Gasteiger partial charge in [-0.2, -0.15) is 5.26 Å². The smallest absolute Gasteiger partial charge is 0.249 e. The lowest BCUT2D eigenvalue weighted by Crippen LogP contribution is -2.41. The van der Waals surface area contributed by atoms with Crippen molar-refractivity contribution >= 4 is 23.4 Å². The molecular formula is C19H19FN4O3. The summed E-state index contributed by atoms with van der Waals surface area (Å²) in [5.41, 5.74) is 0.568. The highest BCUT2D eigenvalue weighted by molar-refractivity contribution is 6.07. The van der Waals surface area contributed by atoms with Gasteiger partial charge in [0, 0.05) is 23.6 Å². The molecule has 2 aromatic rings. The van der Waals surface area contributed by atoms with Crippen LogP contribution in [0.1, 0.15) is 44.9 Å². The molecule has 1 aliphatic rings. The maximum absolute atomic E-state index is 13.9. The number of nitrogens with zero attached hydrogens (tertiary/aromatic N) is 3. The number of benzene rings is 1. The van der Waals surface area contributed by atoms with Gasteiger partial charge in [-0.15, -0.1) is 0 Å². The van der Waals surface area contributed by atoms with E-state index in [0.717, 1.165) is 6.07 Å². The maximum atomic E-state index is 13.9. The van der Waals surface area contributed by atoms with Crippen LogP contribution in [-0.4, -0.2) is 23.0 Å². The Morgan fingerprint density at radius 3 is 2.74 bits per heavy atom. The fourth-order valence-corrected chi connectivity index (χ4v) is 2.89. The van der Waals surface area contributed by atoms with Gasteiger partial charge in [0.2, 0.25) is 17.7 Å². The average Bonchev–Trinajstić information content (AvgIpc) is 3.21. The summed E-state index contributed by atoms with van der Waals surface area (Å²) in [5.74, 6) is -1.27. The Labute approximate surface area is 155 Å². The molecule has 0 aliphatic carbocycles.